The van der Waals surface area contributed by atoms with Gasteiger partial charge in [0.05, 0.1) is 12.2 Å². The number of hydrogen-bond acceptors (Lipinski definition) is 4. The highest BCUT2D eigenvalue weighted by Gasteiger charge is 2.15. The SMILES string of the molecule is CCOc1ccc(Cl)cc1C(=O)c1ccncc1.O=CNc1ccccc1. The molecule has 0 aliphatic carbocycles. The van der Waals surface area contributed by atoms with Crippen molar-refractivity contribution < 1.29 is 14.3 Å². The van der Waals surface area contributed by atoms with Gasteiger partial charge in [0.25, 0.3) is 0 Å². The number of carbonyl (C=O) groups is 2. The number of hydrogen-bond donors (Lipinski definition) is 1. The van der Waals surface area contributed by atoms with E-state index in [1.807, 2.05) is 37.3 Å². The molecule has 0 fully saturated rings. The number of pyridine rings is 1. The van der Waals surface area contributed by atoms with Crippen LogP contribution >= 0.6 is 11.6 Å². The first-order chi connectivity index (χ1) is 13.2. The monoisotopic (exact) mass is 382 g/mol. The van der Waals surface area contributed by atoms with Crippen LogP contribution in [0.5, 0.6) is 5.75 Å². The molecule has 0 unspecified atom stereocenters. The number of amides is 1. The maximum atomic E-state index is 12.3. The summed E-state index contributed by atoms with van der Waals surface area (Å²) in [6.07, 6.45) is 3.82. The van der Waals surface area contributed by atoms with Gasteiger partial charge in [-0.3, -0.25) is 14.6 Å². The minimum absolute atomic E-state index is 0.122. The van der Waals surface area contributed by atoms with Crippen LogP contribution in [0.2, 0.25) is 5.02 Å². The van der Waals surface area contributed by atoms with Crippen molar-refractivity contribution in [2.24, 2.45) is 0 Å². The zero-order valence-corrected chi connectivity index (χ0v) is 15.5. The van der Waals surface area contributed by atoms with E-state index in [1.54, 1.807) is 42.7 Å². The molecule has 2 aromatic carbocycles. The lowest BCUT2D eigenvalue weighted by molar-refractivity contribution is -0.105. The summed E-state index contributed by atoms with van der Waals surface area (Å²) in [5.41, 5.74) is 1.86. The standard InChI is InChI=1S/C14H12ClNO2.C7H7NO/c1-2-18-13-4-3-11(15)9-12(13)14(17)10-5-7-16-8-6-10;9-6-8-7-4-2-1-3-5-7/h3-9H,2H2,1H3;1-6H,(H,8,9). The maximum Gasteiger partial charge on any atom is 0.211 e. The lowest BCUT2D eigenvalue weighted by Crippen LogP contribution is -2.05. The molecule has 3 rings (SSSR count). The number of ketones is 1. The Morgan fingerprint density at radius 1 is 1.11 bits per heavy atom. The van der Waals surface area contributed by atoms with E-state index in [1.165, 1.54) is 0 Å². The van der Waals surface area contributed by atoms with Crippen LogP contribution in [-0.2, 0) is 4.79 Å². The van der Waals surface area contributed by atoms with Crippen molar-refractivity contribution in [3.05, 3.63) is 89.2 Å². The molecular weight excluding hydrogens is 364 g/mol. The molecule has 1 amide bonds. The molecule has 1 N–H and O–H groups in total. The van der Waals surface area contributed by atoms with Crippen molar-refractivity contribution in [1.29, 1.82) is 0 Å². The molecule has 0 spiro atoms. The average molecular weight is 383 g/mol. The zero-order chi connectivity index (χ0) is 19.5. The van der Waals surface area contributed by atoms with Crippen LogP contribution in [0.4, 0.5) is 5.69 Å². The van der Waals surface area contributed by atoms with Crippen LogP contribution in [0.1, 0.15) is 22.8 Å². The van der Waals surface area contributed by atoms with E-state index in [2.05, 4.69) is 10.3 Å². The summed E-state index contributed by atoms with van der Waals surface area (Å²) in [5, 5.41) is 3.04. The van der Waals surface area contributed by atoms with Gasteiger partial charge in [-0.15, -0.1) is 0 Å². The first kappa shape index (κ1) is 20.1. The molecule has 0 saturated heterocycles. The van der Waals surface area contributed by atoms with Crippen molar-refractivity contribution in [2.45, 2.75) is 6.92 Å². The third kappa shape index (κ3) is 6.24. The molecule has 0 aliphatic rings. The van der Waals surface area contributed by atoms with Crippen molar-refractivity contribution >= 4 is 29.5 Å². The Bertz CT molecular complexity index is 871. The van der Waals surface area contributed by atoms with Crippen LogP contribution < -0.4 is 10.1 Å². The Labute approximate surface area is 163 Å². The van der Waals surface area contributed by atoms with E-state index >= 15 is 0 Å². The fourth-order valence-electron chi connectivity index (χ4n) is 2.22. The first-order valence-electron chi connectivity index (χ1n) is 8.28. The van der Waals surface area contributed by atoms with Gasteiger partial charge in [-0.25, -0.2) is 0 Å². The summed E-state index contributed by atoms with van der Waals surface area (Å²) >= 11 is 5.93. The molecule has 1 aromatic heterocycles. The van der Waals surface area contributed by atoms with E-state index in [-0.39, 0.29) is 5.78 Å². The van der Waals surface area contributed by atoms with Crippen molar-refractivity contribution in [3.63, 3.8) is 0 Å². The minimum atomic E-state index is -0.122. The maximum absolute atomic E-state index is 12.3. The molecular formula is C21H19ClN2O3. The first-order valence-corrected chi connectivity index (χ1v) is 8.65. The molecule has 1 heterocycles. The van der Waals surface area contributed by atoms with E-state index < -0.39 is 0 Å². The van der Waals surface area contributed by atoms with Crippen molar-refractivity contribution in [3.8, 4) is 5.75 Å². The number of ether oxygens (including phenoxy) is 1. The second kappa shape index (κ2) is 10.7. The van der Waals surface area contributed by atoms with E-state index in [0.29, 0.717) is 34.9 Å². The Morgan fingerprint density at radius 2 is 1.81 bits per heavy atom. The van der Waals surface area contributed by atoms with Crippen molar-refractivity contribution in [1.82, 2.24) is 4.98 Å². The number of nitrogens with one attached hydrogen (secondary N) is 1. The zero-order valence-electron chi connectivity index (χ0n) is 14.8. The predicted octanol–water partition coefficient (Wildman–Crippen LogP) is 4.62. The summed E-state index contributed by atoms with van der Waals surface area (Å²) in [6, 6.07) is 17.7. The molecule has 0 saturated carbocycles. The van der Waals surface area contributed by atoms with E-state index in [0.717, 1.165) is 5.69 Å². The topological polar surface area (TPSA) is 68.3 Å². The predicted molar refractivity (Wildman–Crippen MR) is 106 cm³/mol. The Kier molecular flexibility index (Phi) is 8.00. The van der Waals surface area contributed by atoms with Gasteiger partial charge in [0, 0.05) is 28.7 Å². The lowest BCUT2D eigenvalue weighted by atomic mass is 10.0. The molecule has 5 nitrogen and oxygen atoms in total. The summed E-state index contributed by atoms with van der Waals surface area (Å²) in [4.78, 5) is 26.1. The summed E-state index contributed by atoms with van der Waals surface area (Å²) in [7, 11) is 0. The number of halogens is 1. The van der Waals surface area contributed by atoms with Gasteiger partial charge in [0.2, 0.25) is 6.41 Å². The molecule has 0 aliphatic heterocycles. The summed E-state index contributed by atoms with van der Waals surface area (Å²) in [5.74, 6) is 0.423. The van der Waals surface area contributed by atoms with Gasteiger partial charge in [-0.2, -0.15) is 0 Å². The fourth-order valence-corrected chi connectivity index (χ4v) is 2.39. The van der Waals surface area contributed by atoms with E-state index in [4.69, 9.17) is 16.3 Å². The molecule has 0 atom stereocenters. The summed E-state index contributed by atoms with van der Waals surface area (Å²) < 4.78 is 5.44. The average Bonchev–Trinajstić information content (AvgIpc) is 2.71. The second-order valence-corrected chi connectivity index (χ2v) is 5.70. The van der Waals surface area contributed by atoms with Crippen LogP contribution in [0.3, 0.4) is 0 Å². The fraction of sp³-hybridized carbons (Fsp3) is 0.0952. The molecule has 6 heteroatoms. The van der Waals surface area contributed by atoms with Gasteiger partial charge in [0.15, 0.2) is 5.78 Å². The Hall–Kier alpha value is -3.18. The number of rotatable bonds is 6. The third-order valence-corrected chi connectivity index (χ3v) is 3.66. The highest BCUT2D eigenvalue weighted by molar-refractivity contribution is 6.31. The second-order valence-electron chi connectivity index (χ2n) is 5.27. The lowest BCUT2D eigenvalue weighted by Gasteiger charge is -2.09. The number of nitrogens with zero attached hydrogens (tertiary/aromatic N) is 1. The van der Waals surface area contributed by atoms with Gasteiger partial charge < -0.3 is 10.1 Å². The normalized spacial score (nSPS) is 9.56. The van der Waals surface area contributed by atoms with Crippen LogP contribution in [-0.4, -0.2) is 23.8 Å². The molecule has 27 heavy (non-hydrogen) atoms. The Balaban J connectivity index is 0.000000244. The molecule has 0 radical (unpaired) electrons. The summed E-state index contributed by atoms with van der Waals surface area (Å²) in [6.45, 7) is 2.37. The van der Waals surface area contributed by atoms with Crippen LogP contribution in [0, 0.1) is 0 Å². The number of carbonyl (C=O) groups excluding carboxylic acids is 2. The smallest absolute Gasteiger partial charge is 0.211 e. The highest BCUT2D eigenvalue weighted by atomic mass is 35.5. The van der Waals surface area contributed by atoms with Gasteiger partial charge >= 0.3 is 0 Å². The number of anilines is 1. The van der Waals surface area contributed by atoms with E-state index in [9.17, 15) is 9.59 Å². The minimum Gasteiger partial charge on any atom is -0.493 e. The number of para-hydroxylation sites is 1. The van der Waals surface area contributed by atoms with Crippen LogP contribution in [0.25, 0.3) is 0 Å². The van der Waals surface area contributed by atoms with Gasteiger partial charge in [0.1, 0.15) is 5.75 Å². The molecule has 3 aromatic rings. The quantitative estimate of drug-likeness (QED) is 0.499. The third-order valence-electron chi connectivity index (χ3n) is 3.43. The van der Waals surface area contributed by atoms with Crippen LogP contribution in [0.15, 0.2) is 73.1 Å². The number of aromatic nitrogens is 1. The van der Waals surface area contributed by atoms with Crippen molar-refractivity contribution in [2.75, 3.05) is 11.9 Å². The van der Waals surface area contributed by atoms with Gasteiger partial charge in [-0.05, 0) is 49.4 Å². The largest absolute Gasteiger partial charge is 0.493 e. The Morgan fingerprint density at radius 3 is 2.44 bits per heavy atom. The number of benzene rings is 2. The highest BCUT2D eigenvalue weighted by Crippen LogP contribution is 2.25. The van der Waals surface area contributed by atoms with Gasteiger partial charge in [-0.1, -0.05) is 29.8 Å². The molecule has 0 bridgehead atoms. The molecule has 138 valence electrons.